The number of halogens is 1. The molecule has 2 aromatic carbocycles. The minimum Gasteiger partial charge on any atom is -0.478 e. The maximum Gasteiger partial charge on any atom is 0.277 e. The monoisotopic (exact) mass is 441 g/mol. The lowest BCUT2D eigenvalue weighted by atomic mass is 10.1. The Balaban J connectivity index is 1.32. The number of anilines is 1. The molecule has 3 aromatic rings. The first-order chi connectivity index (χ1) is 15.0. The van der Waals surface area contributed by atoms with Crippen LogP contribution >= 0.6 is 11.8 Å². The Bertz CT molecular complexity index is 1090. The van der Waals surface area contributed by atoms with Crippen molar-refractivity contribution in [3.8, 4) is 5.75 Å². The van der Waals surface area contributed by atoms with Crippen LogP contribution in [0.15, 0.2) is 58.2 Å². The molecule has 160 valence electrons. The van der Waals surface area contributed by atoms with Gasteiger partial charge in [0.25, 0.3) is 11.1 Å². The Kier molecular flexibility index (Phi) is 6.31. The number of benzene rings is 2. The van der Waals surface area contributed by atoms with Gasteiger partial charge in [-0.05, 0) is 49.7 Å². The molecule has 0 saturated carbocycles. The van der Waals surface area contributed by atoms with E-state index in [2.05, 4.69) is 10.2 Å². The summed E-state index contributed by atoms with van der Waals surface area (Å²) in [5.41, 5.74) is 1.34. The topological polar surface area (TPSA) is 85.5 Å². The second-order valence-electron chi connectivity index (χ2n) is 7.00. The van der Waals surface area contributed by atoms with Crippen molar-refractivity contribution < 1.29 is 23.1 Å². The maximum absolute atomic E-state index is 13.7. The summed E-state index contributed by atoms with van der Waals surface area (Å²) in [5.74, 6) is -0.0648. The highest BCUT2D eigenvalue weighted by molar-refractivity contribution is 7.99. The molecule has 1 amide bonds. The van der Waals surface area contributed by atoms with Crippen LogP contribution in [0.1, 0.15) is 42.1 Å². The summed E-state index contributed by atoms with van der Waals surface area (Å²) >= 11 is 1.12. The van der Waals surface area contributed by atoms with Gasteiger partial charge in [-0.1, -0.05) is 23.9 Å². The lowest BCUT2D eigenvalue weighted by Crippen LogP contribution is -2.23. The first-order valence-electron chi connectivity index (χ1n) is 9.82. The first-order valence-corrected chi connectivity index (χ1v) is 10.8. The van der Waals surface area contributed by atoms with Crippen LogP contribution in [0, 0.1) is 5.82 Å². The zero-order valence-electron chi connectivity index (χ0n) is 16.8. The van der Waals surface area contributed by atoms with Gasteiger partial charge in [0, 0.05) is 24.2 Å². The predicted molar refractivity (Wildman–Crippen MR) is 113 cm³/mol. The minimum absolute atomic E-state index is 0.0941. The Hall–Kier alpha value is -3.20. The molecular formula is C22H20FN3O4S. The average molecular weight is 441 g/mol. The summed E-state index contributed by atoms with van der Waals surface area (Å²) in [6, 6.07) is 13.1. The van der Waals surface area contributed by atoms with Crippen LogP contribution in [0.3, 0.4) is 0 Å². The van der Waals surface area contributed by atoms with E-state index in [1.165, 1.54) is 12.1 Å². The van der Waals surface area contributed by atoms with Gasteiger partial charge in [-0.2, -0.15) is 0 Å². The van der Waals surface area contributed by atoms with E-state index >= 15 is 0 Å². The second kappa shape index (κ2) is 9.30. The number of hydrogen-bond acceptors (Lipinski definition) is 7. The van der Waals surface area contributed by atoms with Crippen LogP contribution in [0.5, 0.6) is 5.75 Å². The Morgan fingerprint density at radius 1 is 1.23 bits per heavy atom. The zero-order chi connectivity index (χ0) is 21.8. The van der Waals surface area contributed by atoms with Gasteiger partial charge >= 0.3 is 0 Å². The molecule has 1 aliphatic rings. The van der Waals surface area contributed by atoms with Crippen LogP contribution in [-0.4, -0.2) is 34.2 Å². The number of ketones is 1. The van der Waals surface area contributed by atoms with Crippen molar-refractivity contribution in [2.75, 3.05) is 17.2 Å². The van der Waals surface area contributed by atoms with Crippen molar-refractivity contribution in [1.29, 1.82) is 0 Å². The molecule has 0 spiro atoms. The number of carbonyl (C=O) groups is 2. The van der Waals surface area contributed by atoms with Gasteiger partial charge in [0.15, 0.2) is 23.5 Å². The third-order valence-corrected chi connectivity index (χ3v) is 5.63. The fourth-order valence-electron chi connectivity index (χ4n) is 3.18. The Labute approximate surface area is 182 Å². The lowest BCUT2D eigenvalue weighted by molar-refractivity contribution is -0.117. The first kappa shape index (κ1) is 21.0. The van der Waals surface area contributed by atoms with Crippen molar-refractivity contribution in [2.45, 2.75) is 31.1 Å². The van der Waals surface area contributed by atoms with E-state index in [0.29, 0.717) is 18.5 Å². The normalized spacial score (nSPS) is 14.6. The summed E-state index contributed by atoms with van der Waals surface area (Å²) < 4.78 is 24.8. The van der Waals surface area contributed by atoms with Crippen molar-refractivity contribution in [3.63, 3.8) is 0 Å². The van der Waals surface area contributed by atoms with E-state index in [1.807, 2.05) is 0 Å². The highest BCUT2D eigenvalue weighted by Crippen LogP contribution is 2.26. The van der Waals surface area contributed by atoms with Gasteiger partial charge in [0.05, 0.1) is 5.75 Å². The Morgan fingerprint density at radius 2 is 2.00 bits per heavy atom. The zero-order valence-corrected chi connectivity index (χ0v) is 17.6. The molecule has 1 aliphatic heterocycles. The van der Waals surface area contributed by atoms with E-state index in [9.17, 15) is 14.0 Å². The van der Waals surface area contributed by atoms with Gasteiger partial charge in [0.1, 0.15) is 0 Å². The molecule has 9 heteroatoms. The number of hydrogen-bond donors (Lipinski definition) is 0. The van der Waals surface area contributed by atoms with Gasteiger partial charge in [-0.3, -0.25) is 9.59 Å². The second-order valence-corrected chi connectivity index (χ2v) is 7.93. The number of para-hydroxylation sites is 1. The SMILES string of the molecule is C[C@H](Oc1ccccc1F)c1nnc(SCC(=O)c2ccc(N3CCCC3=O)cc2)o1. The third kappa shape index (κ3) is 4.93. The van der Waals surface area contributed by atoms with Crippen molar-refractivity contribution in [2.24, 2.45) is 0 Å². The molecule has 4 rings (SSSR count). The summed E-state index contributed by atoms with van der Waals surface area (Å²) in [5, 5.41) is 8.07. The van der Waals surface area contributed by atoms with Gasteiger partial charge < -0.3 is 14.1 Å². The number of Topliss-reactive ketones (excluding diaryl/α,β-unsaturated/α-hetero) is 1. The number of thioether (sulfide) groups is 1. The molecule has 1 fully saturated rings. The van der Waals surface area contributed by atoms with Crippen LogP contribution in [0.2, 0.25) is 0 Å². The fraction of sp³-hybridized carbons (Fsp3) is 0.273. The van der Waals surface area contributed by atoms with Crippen LogP contribution < -0.4 is 9.64 Å². The Morgan fingerprint density at radius 3 is 2.71 bits per heavy atom. The summed E-state index contributed by atoms with van der Waals surface area (Å²) in [6.45, 7) is 2.38. The van der Waals surface area contributed by atoms with E-state index in [4.69, 9.17) is 9.15 Å². The molecule has 2 heterocycles. The summed E-state index contributed by atoms with van der Waals surface area (Å²) in [4.78, 5) is 26.0. The van der Waals surface area contributed by atoms with Gasteiger partial charge in [-0.25, -0.2) is 4.39 Å². The van der Waals surface area contributed by atoms with Crippen LogP contribution in [0.4, 0.5) is 10.1 Å². The van der Waals surface area contributed by atoms with E-state index in [0.717, 1.165) is 23.9 Å². The fourth-order valence-corrected chi connectivity index (χ4v) is 3.85. The minimum atomic E-state index is -0.643. The molecule has 0 bridgehead atoms. The summed E-state index contributed by atoms with van der Waals surface area (Å²) in [7, 11) is 0. The molecular weight excluding hydrogens is 421 g/mol. The predicted octanol–water partition coefficient (Wildman–Crippen LogP) is 4.45. The molecule has 1 atom stereocenters. The third-order valence-electron chi connectivity index (χ3n) is 4.81. The van der Waals surface area contributed by atoms with Gasteiger partial charge in [-0.15, -0.1) is 10.2 Å². The van der Waals surface area contributed by atoms with Crippen LogP contribution in [0.25, 0.3) is 0 Å². The summed E-state index contributed by atoms with van der Waals surface area (Å²) in [6.07, 6.45) is 0.773. The number of rotatable bonds is 8. The standard InChI is InChI=1S/C22H20FN3O4S/c1-14(29-19-6-3-2-5-17(19)23)21-24-25-22(30-21)31-13-18(27)15-8-10-16(11-9-15)26-12-4-7-20(26)28/h2-3,5-6,8-11,14H,4,7,12-13H2,1H3/t14-/m0/s1. The van der Waals surface area contributed by atoms with Crippen LogP contribution in [-0.2, 0) is 4.79 Å². The number of amides is 1. The number of carbonyl (C=O) groups excluding carboxylic acids is 2. The van der Waals surface area contributed by atoms with Crippen molar-refractivity contribution >= 4 is 29.1 Å². The smallest absolute Gasteiger partial charge is 0.277 e. The number of aromatic nitrogens is 2. The molecule has 1 saturated heterocycles. The van der Waals surface area contributed by atoms with Crippen molar-refractivity contribution in [1.82, 2.24) is 10.2 Å². The van der Waals surface area contributed by atoms with Gasteiger partial charge in [0.2, 0.25) is 5.91 Å². The molecule has 1 aromatic heterocycles. The average Bonchev–Trinajstić information content (AvgIpc) is 3.43. The molecule has 0 N–H and O–H groups in total. The highest BCUT2D eigenvalue weighted by Gasteiger charge is 2.22. The van der Waals surface area contributed by atoms with E-state index < -0.39 is 11.9 Å². The van der Waals surface area contributed by atoms with E-state index in [1.54, 1.807) is 48.2 Å². The van der Waals surface area contributed by atoms with E-state index in [-0.39, 0.29) is 34.3 Å². The maximum atomic E-state index is 13.7. The molecule has 31 heavy (non-hydrogen) atoms. The largest absolute Gasteiger partial charge is 0.478 e. The molecule has 0 aliphatic carbocycles. The molecule has 0 unspecified atom stereocenters. The number of ether oxygens (including phenoxy) is 1. The quantitative estimate of drug-likeness (QED) is 0.377. The number of nitrogens with zero attached hydrogens (tertiary/aromatic N) is 3. The molecule has 7 nitrogen and oxygen atoms in total. The molecule has 0 radical (unpaired) electrons. The van der Waals surface area contributed by atoms with Crippen molar-refractivity contribution in [3.05, 3.63) is 65.8 Å². The lowest BCUT2D eigenvalue weighted by Gasteiger charge is -2.15. The highest BCUT2D eigenvalue weighted by atomic mass is 32.2.